The summed E-state index contributed by atoms with van der Waals surface area (Å²) in [6.07, 6.45) is 0. The van der Waals surface area contributed by atoms with Crippen molar-refractivity contribution in [3.05, 3.63) is 35.0 Å². The molecule has 0 amide bonds. The maximum Gasteiger partial charge on any atom is 0.156 e. The highest BCUT2D eigenvalue weighted by atomic mass is 32.1. The third-order valence-corrected chi connectivity index (χ3v) is 15.8. The van der Waals surface area contributed by atoms with Crippen LogP contribution in [0.3, 0.4) is 0 Å². The molecule has 0 spiro atoms. The van der Waals surface area contributed by atoms with Crippen LogP contribution in [0.15, 0.2) is 35.0 Å². The fourth-order valence-corrected chi connectivity index (χ4v) is 15.0. The zero-order valence-electron chi connectivity index (χ0n) is 10.8. The lowest BCUT2D eigenvalue weighted by Crippen LogP contribution is -2.68. The topological polar surface area (TPSA) is 12.0 Å². The lowest BCUT2D eigenvalue weighted by Gasteiger charge is -2.33. The maximum absolute atomic E-state index is 4.04. The Hall–Kier alpha value is -0.206. The molecule has 0 aliphatic rings. The number of nitrogens with one attached hydrogen (secondary N) is 1. The van der Waals surface area contributed by atoms with Crippen molar-refractivity contribution in [2.24, 2.45) is 0 Å². The minimum absolute atomic E-state index is 1.48. The van der Waals surface area contributed by atoms with E-state index in [-0.39, 0.29) is 0 Å². The van der Waals surface area contributed by atoms with E-state index in [9.17, 15) is 0 Å². The molecule has 1 nitrogen and oxygen atoms in total. The summed E-state index contributed by atoms with van der Waals surface area (Å²) in [6.45, 7) is 9.67. The predicted molar refractivity (Wildman–Crippen MR) is 86.0 cm³/mol. The fraction of sp³-hybridized carbons (Fsp3) is 0.333. The first-order valence-electron chi connectivity index (χ1n) is 5.79. The van der Waals surface area contributed by atoms with Crippen LogP contribution in [0.5, 0.6) is 0 Å². The Kier molecular flexibility index (Phi) is 3.75. The molecule has 0 saturated carbocycles. The van der Waals surface area contributed by atoms with Gasteiger partial charge in [-0.05, 0) is 10.8 Å². The Morgan fingerprint density at radius 1 is 0.824 bits per heavy atom. The standard InChI is InChI=1S/C12H19NS2Si2/c1-16(2,11-7-5-9-14-11)13-17(3,4)12-8-6-10-15-12/h5-10,13H,1-4H3. The van der Waals surface area contributed by atoms with Crippen molar-refractivity contribution >= 4 is 48.1 Å². The Morgan fingerprint density at radius 3 is 1.53 bits per heavy atom. The van der Waals surface area contributed by atoms with Crippen LogP contribution in [0.1, 0.15) is 0 Å². The molecule has 0 atom stereocenters. The van der Waals surface area contributed by atoms with Crippen LogP contribution in [-0.2, 0) is 0 Å². The van der Waals surface area contributed by atoms with Gasteiger partial charge in [-0.3, -0.25) is 0 Å². The van der Waals surface area contributed by atoms with Crippen LogP contribution in [0.4, 0.5) is 0 Å². The zero-order valence-corrected chi connectivity index (χ0v) is 14.4. The summed E-state index contributed by atoms with van der Waals surface area (Å²) in [6, 6.07) is 8.89. The van der Waals surface area contributed by atoms with Crippen LogP contribution in [-0.4, -0.2) is 16.5 Å². The third-order valence-electron chi connectivity index (χ3n) is 2.90. The van der Waals surface area contributed by atoms with Crippen molar-refractivity contribution in [2.75, 3.05) is 0 Å². The van der Waals surface area contributed by atoms with E-state index in [0.29, 0.717) is 0 Å². The summed E-state index contributed by atoms with van der Waals surface area (Å²) in [4.78, 5) is 0. The average Bonchev–Trinajstić information content (AvgIpc) is 2.91. The summed E-state index contributed by atoms with van der Waals surface area (Å²) in [5, 5.41) is 4.37. The highest BCUT2D eigenvalue weighted by Crippen LogP contribution is 2.11. The molecule has 0 aromatic carbocycles. The summed E-state index contributed by atoms with van der Waals surface area (Å²) < 4.78 is 7.14. The molecule has 2 rings (SSSR count). The van der Waals surface area contributed by atoms with Gasteiger partial charge in [0.15, 0.2) is 16.5 Å². The predicted octanol–water partition coefficient (Wildman–Crippen LogP) is 2.92. The van der Waals surface area contributed by atoms with E-state index in [1.54, 1.807) is 9.00 Å². The molecule has 92 valence electrons. The SMILES string of the molecule is C[Si](C)(N[Si](C)(C)c1cccs1)c1cccs1. The highest BCUT2D eigenvalue weighted by Gasteiger charge is 2.35. The van der Waals surface area contributed by atoms with Crippen molar-refractivity contribution in [3.8, 4) is 0 Å². The molecule has 2 aromatic rings. The van der Waals surface area contributed by atoms with E-state index in [0.717, 1.165) is 0 Å². The summed E-state index contributed by atoms with van der Waals surface area (Å²) >= 11 is 3.79. The van der Waals surface area contributed by atoms with Crippen molar-refractivity contribution in [2.45, 2.75) is 26.2 Å². The molecule has 2 heterocycles. The van der Waals surface area contributed by atoms with Gasteiger partial charge in [-0.15, -0.1) is 0 Å². The van der Waals surface area contributed by atoms with E-state index >= 15 is 0 Å². The second-order valence-electron chi connectivity index (χ2n) is 5.33. The van der Waals surface area contributed by atoms with E-state index in [4.69, 9.17) is 0 Å². The quantitative estimate of drug-likeness (QED) is 0.856. The van der Waals surface area contributed by atoms with E-state index in [1.807, 2.05) is 22.7 Å². The normalized spacial score (nSPS) is 12.9. The van der Waals surface area contributed by atoms with Crippen LogP contribution in [0, 0.1) is 0 Å². The molecule has 2 aromatic heterocycles. The van der Waals surface area contributed by atoms with Gasteiger partial charge >= 0.3 is 0 Å². The smallest absolute Gasteiger partial charge is 0.156 e. The average molecular weight is 298 g/mol. The zero-order chi connectivity index (χ0) is 12.5. The fourth-order valence-electron chi connectivity index (χ4n) is 2.17. The minimum atomic E-state index is -1.48. The van der Waals surface area contributed by atoms with E-state index in [1.165, 1.54) is 0 Å². The van der Waals surface area contributed by atoms with Crippen LogP contribution < -0.4 is 13.6 Å². The molecule has 0 saturated heterocycles. The molecule has 0 unspecified atom stereocenters. The van der Waals surface area contributed by atoms with E-state index in [2.05, 4.69) is 65.9 Å². The molecule has 1 N–H and O–H groups in total. The van der Waals surface area contributed by atoms with Crippen LogP contribution >= 0.6 is 22.7 Å². The summed E-state index contributed by atoms with van der Waals surface area (Å²) in [5.41, 5.74) is 0. The first-order chi connectivity index (χ1) is 7.92. The van der Waals surface area contributed by atoms with Crippen molar-refractivity contribution in [1.82, 2.24) is 4.65 Å². The molecule has 0 bridgehead atoms. The molecule has 17 heavy (non-hydrogen) atoms. The van der Waals surface area contributed by atoms with Gasteiger partial charge in [0.1, 0.15) is 0 Å². The van der Waals surface area contributed by atoms with Gasteiger partial charge in [-0.1, -0.05) is 50.5 Å². The summed E-state index contributed by atoms with van der Waals surface area (Å²) in [7, 11) is -2.96. The third kappa shape index (κ3) is 2.97. The van der Waals surface area contributed by atoms with Gasteiger partial charge in [0.2, 0.25) is 0 Å². The Bertz CT molecular complexity index is 416. The first-order valence-corrected chi connectivity index (χ1v) is 13.5. The lowest BCUT2D eigenvalue weighted by atomic mass is 10.7. The number of hydrogen-bond donors (Lipinski definition) is 1. The van der Waals surface area contributed by atoms with Crippen molar-refractivity contribution in [1.29, 1.82) is 0 Å². The monoisotopic (exact) mass is 297 g/mol. The van der Waals surface area contributed by atoms with Gasteiger partial charge in [-0.25, -0.2) is 0 Å². The molecular weight excluding hydrogens is 278 g/mol. The van der Waals surface area contributed by atoms with Gasteiger partial charge in [0.25, 0.3) is 0 Å². The van der Waals surface area contributed by atoms with Crippen LogP contribution in [0.25, 0.3) is 0 Å². The number of rotatable bonds is 4. The molecule has 0 aliphatic carbocycles. The maximum atomic E-state index is 4.04. The molecule has 0 radical (unpaired) electrons. The Labute approximate surface area is 114 Å². The second-order valence-corrected chi connectivity index (χ2v) is 16.5. The Morgan fingerprint density at radius 2 is 1.24 bits per heavy atom. The van der Waals surface area contributed by atoms with E-state index < -0.39 is 16.5 Å². The van der Waals surface area contributed by atoms with Gasteiger partial charge in [-0.2, -0.15) is 22.7 Å². The summed E-state index contributed by atoms with van der Waals surface area (Å²) in [5.74, 6) is 0. The molecular formula is C12H19NS2Si2. The van der Waals surface area contributed by atoms with Crippen molar-refractivity contribution in [3.63, 3.8) is 0 Å². The van der Waals surface area contributed by atoms with Gasteiger partial charge in [0.05, 0.1) is 0 Å². The number of thiophene rings is 2. The molecule has 0 fully saturated rings. The largest absolute Gasteiger partial charge is 0.351 e. The van der Waals surface area contributed by atoms with Crippen molar-refractivity contribution < 1.29 is 0 Å². The molecule has 5 heteroatoms. The lowest BCUT2D eigenvalue weighted by molar-refractivity contribution is 1.36. The first kappa shape index (κ1) is 13.2. The molecule has 0 aliphatic heterocycles. The second kappa shape index (κ2) is 4.81. The highest BCUT2D eigenvalue weighted by molar-refractivity contribution is 7.29. The van der Waals surface area contributed by atoms with Gasteiger partial charge in [0, 0.05) is 9.00 Å². The minimum Gasteiger partial charge on any atom is -0.351 e. The Balaban J connectivity index is 2.21. The van der Waals surface area contributed by atoms with Crippen LogP contribution in [0.2, 0.25) is 26.2 Å². The number of hydrogen-bond acceptors (Lipinski definition) is 3. The van der Waals surface area contributed by atoms with Gasteiger partial charge < -0.3 is 4.65 Å².